The van der Waals surface area contributed by atoms with Crippen molar-refractivity contribution in [3.05, 3.63) is 78.7 Å². The molecule has 0 aliphatic rings. The van der Waals surface area contributed by atoms with Crippen molar-refractivity contribution in [3.8, 4) is 5.75 Å². The standard InChI is InChI=1S/C23H19FO4/c1-4-21(25)27-12-11-15-5-7-17-16(13-15)6-8-19-18(17)9-10-20(22(19)24)28-23(26)14(2)3/h4-10,13H,1-2,11-12H2,3H3. The Balaban J connectivity index is 1.92. The van der Waals surface area contributed by atoms with Gasteiger partial charge in [-0.15, -0.1) is 0 Å². The molecule has 3 rings (SSSR count). The molecule has 0 bridgehead atoms. The molecule has 3 aromatic carbocycles. The van der Waals surface area contributed by atoms with Crippen LogP contribution in [0.5, 0.6) is 5.75 Å². The van der Waals surface area contributed by atoms with E-state index in [1.807, 2.05) is 24.3 Å². The van der Waals surface area contributed by atoms with Gasteiger partial charge in [0.2, 0.25) is 0 Å². The fourth-order valence-corrected chi connectivity index (χ4v) is 2.89. The first-order valence-electron chi connectivity index (χ1n) is 8.71. The van der Waals surface area contributed by atoms with Crippen molar-refractivity contribution >= 4 is 33.5 Å². The summed E-state index contributed by atoms with van der Waals surface area (Å²) in [5.41, 5.74) is 1.19. The van der Waals surface area contributed by atoms with Crippen LogP contribution < -0.4 is 4.74 Å². The molecular formula is C23H19FO4. The number of carbonyl (C=O) groups is 2. The Morgan fingerprint density at radius 2 is 1.79 bits per heavy atom. The van der Waals surface area contributed by atoms with Crippen LogP contribution in [-0.2, 0) is 20.7 Å². The highest BCUT2D eigenvalue weighted by Gasteiger charge is 2.14. The Kier molecular flexibility index (Phi) is 5.54. The molecule has 0 saturated carbocycles. The number of ether oxygens (including phenoxy) is 2. The first-order chi connectivity index (χ1) is 13.4. The largest absolute Gasteiger partial charge is 0.462 e. The zero-order valence-electron chi connectivity index (χ0n) is 15.5. The van der Waals surface area contributed by atoms with Gasteiger partial charge in [-0.2, -0.15) is 0 Å². The molecule has 0 amide bonds. The van der Waals surface area contributed by atoms with E-state index in [-0.39, 0.29) is 17.9 Å². The van der Waals surface area contributed by atoms with Crippen LogP contribution in [0.15, 0.2) is 67.3 Å². The maximum absolute atomic E-state index is 14.8. The molecule has 0 radical (unpaired) electrons. The third kappa shape index (κ3) is 3.93. The van der Waals surface area contributed by atoms with Gasteiger partial charge in [-0.1, -0.05) is 43.5 Å². The topological polar surface area (TPSA) is 52.6 Å². The number of fused-ring (bicyclic) bond motifs is 3. The zero-order chi connectivity index (χ0) is 20.3. The van der Waals surface area contributed by atoms with Gasteiger partial charge in [0.15, 0.2) is 11.6 Å². The lowest BCUT2D eigenvalue weighted by molar-refractivity contribution is -0.137. The monoisotopic (exact) mass is 378 g/mol. The Labute approximate surface area is 161 Å². The number of hydrogen-bond acceptors (Lipinski definition) is 4. The van der Waals surface area contributed by atoms with E-state index in [9.17, 15) is 14.0 Å². The van der Waals surface area contributed by atoms with Crippen molar-refractivity contribution in [3.63, 3.8) is 0 Å². The van der Waals surface area contributed by atoms with Crippen LogP contribution in [0.2, 0.25) is 0 Å². The lowest BCUT2D eigenvalue weighted by Crippen LogP contribution is -2.09. The van der Waals surface area contributed by atoms with Crippen LogP contribution >= 0.6 is 0 Å². The summed E-state index contributed by atoms with van der Waals surface area (Å²) < 4.78 is 24.9. The second-order valence-electron chi connectivity index (χ2n) is 6.39. The lowest BCUT2D eigenvalue weighted by atomic mass is 9.99. The predicted octanol–water partition coefficient (Wildman–Crippen LogP) is 4.89. The second-order valence-corrected chi connectivity index (χ2v) is 6.39. The fraction of sp³-hybridized carbons (Fsp3) is 0.130. The van der Waals surface area contributed by atoms with Crippen LogP contribution in [0.1, 0.15) is 12.5 Å². The second kappa shape index (κ2) is 8.05. The Morgan fingerprint density at radius 3 is 2.50 bits per heavy atom. The van der Waals surface area contributed by atoms with Gasteiger partial charge in [0, 0.05) is 23.5 Å². The van der Waals surface area contributed by atoms with Gasteiger partial charge in [0.1, 0.15) is 0 Å². The highest BCUT2D eigenvalue weighted by Crippen LogP contribution is 2.32. The van der Waals surface area contributed by atoms with Gasteiger partial charge in [-0.3, -0.25) is 0 Å². The molecule has 0 spiro atoms. The minimum atomic E-state index is -0.666. The average Bonchev–Trinajstić information content (AvgIpc) is 2.69. The van der Waals surface area contributed by atoms with Crippen LogP contribution in [0.3, 0.4) is 0 Å². The smallest absolute Gasteiger partial charge is 0.338 e. The van der Waals surface area contributed by atoms with Crippen LogP contribution in [0, 0.1) is 5.82 Å². The molecule has 5 heteroatoms. The maximum atomic E-state index is 14.8. The van der Waals surface area contributed by atoms with E-state index in [0.717, 1.165) is 27.8 Å². The molecule has 0 aliphatic carbocycles. The summed E-state index contributed by atoms with van der Waals surface area (Å²) >= 11 is 0. The van der Waals surface area contributed by atoms with E-state index in [0.29, 0.717) is 11.8 Å². The minimum Gasteiger partial charge on any atom is -0.462 e. The molecule has 0 aromatic heterocycles. The summed E-state index contributed by atoms with van der Waals surface area (Å²) in [5, 5.41) is 2.90. The molecular weight excluding hydrogens is 359 g/mol. The number of rotatable bonds is 6. The molecule has 4 nitrogen and oxygen atoms in total. The number of halogens is 1. The first-order valence-corrected chi connectivity index (χ1v) is 8.71. The van der Waals surface area contributed by atoms with Crippen molar-refractivity contribution < 1.29 is 23.5 Å². The van der Waals surface area contributed by atoms with E-state index in [4.69, 9.17) is 9.47 Å². The predicted molar refractivity (Wildman–Crippen MR) is 107 cm³/mol. The van der Waals surface area contributed by atoms with Crippen molar-refractivity contribution in [1.82, 2.24) is 0 Å². The number of hydrogen-bond donors (Lipinski definition) is 0. The van der Waals surface area contributed by atoms with Gasteiger partial charge in [0.25, 0.3) is 0 Å². The lowest BCUT2D eigenvalue weighted by Gasteiger charge is -2.10. The van der Waals surface area contributed by atoms with Crippen molar-refractivity contribution in [2.24, 2.45) is 0 Å². The average molecular weight is 378 g/mol. The van der Waals surface area contributed by atoms with E-state index in [1.165, 1.54) is 13.0 Å². The maximum Gasteiger partial charge on any atom is 0.338 e. The molecule has 0 N–H and O–H groups in total. The Morgan fingerprint density at radius 1 is 1.07 bits per heavy atom. The third-order valence-corrected chi connectivity index (χ3v) is 4.33. The van der Waals surface area contributed by atoms with E-state index >= 15 is 0 Å². The molecule has 0 saturated heterocycles. The van der Waals surface area contributed by atoms with Crippen molar-refractivity contribution in [1.29, 1.82) is 0 Å². The van der Waals surface area contributed by atoms with Crippen LogP contribution in [0.4, 0.5) is 4.39 Å². The van der Waals surface area contributed by atoms with E-state index in [2.05, 4.69) is 13.2 Å². The highest BCUT2D eigenvalue weighted by atomic mass is 19.1. The molecule has 0 heterocycles. The summed E-state index contributed by atoms with van der Waals surface area (Å²) in [6.45, 7) is 8.62. The van der Waals surface area contributed by atoms with Crippen molar-refractivity contribution in [2.75, 3.05) is 6.61 Å². The van der Waals surface area contributed by atoms with Crippen LogP contribution in [-0.4, -0.2) is 18.5 Å². The number of carbonyl (C=O) groups excluding carboxylic acids is 2. The van der Waals surface area contributed by atoms with E-state index < -0.39 is 17.8 Å². The summed E-state index contributed by atoms with van der Waals surface area (Å²) in [4.78, 5) is 22.8. The van der Waals surface area contributed by atoms with Gasteiger partial charge >= 0.3 is 11.9 Å². The Hall–Kier alpha value is -3.47. The fourth-order valence-electron chi connectivity index (χ4n) is 2.89. The quantitative estimate of drug-likeness (QED) is 0.265. The van der Waals surface area contributed by atoms with Gasteiger partial charge < -0.3 is 9.47 Å². The van der Waals surface area contributed by atoms with Crippen molar-refractivity contribution in [2.45, 2.75) is 13.3 Å². The Bertz CT molecular complexity index is 1110. The summed E-state index contributed by atoms with van der Waals surface area (Å²) in [6.07, 6.45) is 1.70. The normalized spacial score (nSPS) is 10.6. The highest BCUT2D eigenvalue weighted by molar-refractivity contribution is 6.08. The molecule has 0 fully saturated rings. The summed E-state index contributed by atoms with van der Waals surface area (Å²) in [6, 6.07) is 12.4. The molecule has 3 aromatic rings. The third-order valence-electron chi connectivity index (χ3n) is 4.33. The molecule has 0 atom stereocenters. The number of benzene rings is 3. The molecule has 0 unspecified atom stereocenters. The van der Waals surface area contributed by atoms with Gasteiger partial charge in [-0.25, -0.2) is 14.0 Å². The molecule has 142 valence electrons. The van der Waals surface area contributed by atoms with E-state index in [1.54, 1.807) is 12.1 Å². The SMILES string of the molecule is C=CC(=O)OCCc1ccc2c(ccc3c(F)c(OC(=O)C(=C)C)ccc32)c1. The van der Waals surface area contributed by atoms with Crippen LogP contribution in [0.25, 0.3) is 21.5 Å². The summed E-state index contributed by atoms with van der Waals surface area (Å²) in [7, 11) is 0. The summed E-state index contributed by atoms with van der Waals surface area (Å²) in [5.74, 6) is -1.83. The minimum absolute atomic E-state index is 0.125. The number of esters is 2. The zero-order valence-corrected chi connectivity index (χ0v) is 15.5. The first kappa shape index (κ1) is 19.3. The molecule has 28 heavy (non-hydrogen) atoms. The van der Waals surface area contributed by atoms with Gasteiger partial charge in [0.05, 0.1) is 6.61 Å². The van der Waals surface area contributed by atoms with Gasteiger partial charge in [-0.05, 0) is 40.8 Å². The molecule has 0 aliphatic heterocycles.